The van der Waals surface area contributed by atoms with Crippen LogP contribution in [0.5, 0.6) is 5.75 Å². The highest BCUT2D eigenvalue weighted by molar-refractivity contribution is 14.1. The molecule has 1 aliphatic rings. The van der Waals surface area contributed by atoms with Crippen molar-refractivity contribution in [3.8, 4) is 5.75 Å². The second-order valence-corrected chi connectivity index (χ2v) is 6.97. The Labute approximate surface area is 173 Å². The SMILES string of the molecule is CI.COc1ccccc1S[C@H](c1ccc(Cl)cc1)[C@H]1CNCCO1. The van der Waals surface area contributed by atoms with Gasteiger partial charge in [-0.05, 0) is 34.8 Å². The number of ether oxygens (including phenoxy) is 2. The Morgan fingerprint density at radius 2 is 1.92 bits per heavy atom. The van der Waals surface area contributed by atoms with Gasteiger partial charge in [0.25, 0.3) is 0 Å². The summed E-state index contributed by atoms with van der Waals surface area (Å²) in [4.78, 5) is 3.08. The Bertz CT molecular complexity index is 636. The van der Waals surface area contributed by atoms with Crippen molar-refractivity contribution in [2.75, 3.05) is 31.7 Å². The molecule has 2 atom stereocenters. The fraction of sp³-hybridized carbons (Fsp3) is 0.368. The molecule has 0 bridgehead atoms. The molecule has 2 aromatic carbocycles. The van der Waals surface area contributed by atoms with Crippen LogP contribution in [0.25, 0.3) is 0 Å². The van der Waals surface area contributed by atoms with Crippen molar-refractivity contribution < 1.29 is 9.47 Å². The predicted octanol–water partition coefficient (Wildman–Crippen LogP) is 5.22. The molecule has 3 nitrogen and oxygen atoms in total. The summed E-state index contributed by atoms with van der Waals surface area (Å²) in [6.07, 6.45) is 0.111. The molecule has 0 radical (unpaired) electrons. The molecule has 0 aromatic heterocycles. The van der Waals surface area contributed by atoms with E-state index in [0.29, 0.717) is 0 Å². The van der Waals surface area contributed by atoms with Gasteiger partial charge < -0.3 is 14.8 Å². The van der Waals surface area contributed by atoms with Gasteiger partial charge in [-0.3, -0.25) is 0 Å². The lowest BCUT2D eigenvalue weighted by Crippen LogP contribution is -2.41. The molecule has 0 saturated carbocycles. The Balaban J connectivity index is 0.00000109. The first-order chi connectivity index (χ1) is 12.3. The number of alkyl halides is 1. The van der Waals surface area contributed by atoms with Crippen molar-refractivity contribution in [3.05, 3.63) is 59.1 Å². The maximum Gasteiger partial charge on any atom is 0.132 e. The minimum Gasteiger partial charge on any atom is -0.496 e. The van der Waals surface area contributed by atoms with Gasteiger partial charge in [0.2, 0.25) is 0 Å². The van der Waals surface area contributed by atoms with Crippen LogP contribution in [0.2, 0.25) is 5.02 Å². The molecular formula is C19H23ClINO2S. The number of hydrogen-bond donors (Lipinski definition) is 1. The van der Waals surface area contributed by atoms with E-state index in [-0.39, 0.29) is 11.4 Å². The highest BCUT2D eigenvalue weighted by Gasteiger charge is 2.27. The monoisotopic (exact) mass is 491 g/mol. The van der Waals surface area contributed by atoms with Gasteiger partial charge in [-0.1, -0.05) is 58.5 Å². The molecule has 2 aromatic rings. The Kier molecular flexibility index (Phi) is 9.41. The van der Waals surface area contributed by atoms with Crippen LogP contribution in [0.4, 0.5) is 0 Å². The van der Waals surface area contributed by atoms with E-state index in [2.05, 4.69) is 46.1 Å². The molecule has 0 amide bonds. The van der Waals surface area contributed by atoms with Gasteiger partial charge in [0.15, 0.2) is 0 Å². The van der Waals surface area contributed by atoms with Crippen LogP contribution in [-0.4, -0.2) is 37.8 Å². The number of rotatable bonds is 5. The molecule has 3 rings (SSSR count). The van der Waals surface area contributed by atoms with Gasteiger partial charge in [0.1, 0.15) is 5.75 Å². The van der Waals surface area contributed by atoms with Crippen molar-refractivity contribution >= 4 is 46.0 Å². The summed E-state index contributed by atoms with van der Waals surface area (Å²) in [5.74, 6) is 0.889. The number of benzene rings is 2. The van der Waals surface area contributed by atoms with E-state index < -0.39 is 0 Å². The van der Waals surface area contributed by atoms with Crippen LogP contribution >= 0.6 is 46.0 Å². The second kappa shape index (κ2) is 11.3. The standard InChI is InChI=1S/C18H20ClNO2S.CH3I/c1-21-15-4-2-3-5-17(15)23-18(16-12-20-10-11-22-16)13-6-8-14(19)9-7-13;1-2/h2-9,16,18,20H,10-12H2,1H3;1H3/t16-,18-;/m1./s1. The molecule has 1 N–H and O–H groups in total. The fourth-order valence-corrected chi connectivity index (χ4v) is 4.09. The third kappa shape index (κ3) is 6.03. The summed E-state index contributed by atoms with van der Waals surface area (Å²) in [7, 11) is 1.70. The van der Waals surface area contributed by atoms with Crippen molar-refractivity contribution in [2.45, 2.75) is 16.2 Å². The van der Waals surface area contributed by atoms with Crippen LogP contribution in [0.1, 0.15) is 10.8 Å². The fourth-order valence-electron chi connectivity index (χ4n) is 2.64. The second-order valence-electron chi connectivity index (χ2n) is 5.35. The van der Waals surface area contributed by atoms with Gasteiger partial charge >= 0.3 is 0 Å². The van der Waals surface area contributed by atoms with Crippen molar-refractivity contribution in [2.24, 2.45) is 0 Å². The molecule has 6 heteroatoms. The predicted molar refractivity (Wildman–Crippen MR) is 116 cm³/mol. The molecule has 1 aliphatic heterocycles. The lowest BCUT2D eigenvalue weighted by molar-refractivity contribution is 0.0273. The van der Waals surface area contributed by atoms with E-state index in [0.717, 1.165) is 35.4 Å². The van der Waals surface area contributed by atoms with Crippen LogP contribution in [0.3, 0.4) is 0 Å². The van der Waals surface area contributed by atoms with Crippen LogP contribution in [-0.2, 0) is 4.74 Å². The van der Waals surface area contributed by atoms with Crippen molar-refractivity contribution in [1.82, 2.24) is 5.32 Å². The van der Waals surface area contributed by atoms with E-state index in [1.165, 1.54) is 5.56 Å². The first-order valence-electron chi connectivity index (χ1n) is 8.03. The number of hydrogen-bond acceptors (Lipinski definition) is 4. The molecule has 0 spiro atoms. The van der Waals surface area contributed by atoms with Crippen molar-refractivity contribution in [1.29, 1.82) is 0 Å². The number of para-hydroxylation sites is 1. The smallest absolute Gasteiger partial charge is 0.132 e. The summed E-state index contributed by atoms with van der Waals surface area (Å²) in [6, 6.07) is 16.1. The summed E-state index contributed by atoms with van der Waals surface area (Å²) in [5.41, 5.74) is 1.21. The summed E-state index contributed by atoms with van der Waals surface area (Å²) in [5, 5.41) is 4.34. The Hall–Kier alpha value is -0.470. The quantitative estimate of drug-likeness (QED) is 0.353. The summed E-state index contributed by atoms with van der Waals surface area (Å²) in [6.45, 7) is 2.49. The molecule has 1 heterocycles. The zero-order chi connectivity index (χ0) is 18.1. The van der Waals surface area contributed by atoms with Crippen molar-refractivity contribution in [3.63, 3.8) is 0 Å². The topological polar surface area (TPSA) is 30.5 Å². The number of halogens is 2. The molecule has 1 saturated heterocycles. The average Bonchev–Trinajstić information content (AvgIpc) is 2.69. The van der Waals surface area contributed by atoms with E-state index in [9.17, 15) is 0 Å². The molecule has 136 valence electrons. The normalized spacial score (nSPS) is 18.0. The highest BCUT2D eigenvalue weighted by atomic mass is 127. The molecular weight excluding hydrogens is 469 g/mol. The minimum atomic E-state index is 0.111. The average molecular weight is 492 g/mol. The van der Waals surface area contributed by atoms with Gasteiger partial charge in [0.05, 0.1) is 30.0 Å². The lowest BCUT2D eigenvalue weighted by Gasteiger charge is -2.31. The van der Waals surface area contributed by atoms with E-state index in [1.807, 2.05) is 35.3 Å². The maximum atomic E-state index is 6.04. The number of thioether (sulfide) groups is 1. The summed E-state index contributed by atoms with van der Waals surface area (Å²) < 4.78 is 11.5. The Morgan fingerprint density at radius 3 is 2.56 bits per heavy atom. The highest BCUT2D eigenvalue weighted by Crippen LogP contribution is 2.43. The molecule has 0 aliphatic carbocycles. The largest absolute Gasteiger partial charge is 0.496 e. The lowest BCUT2D eigenvalue weighted by atomic mass is 10.1. The minimum absolute atomic E-state index is 0.111. The Morgan fingerprint density at radius 1 is 1.20 bits per heavy atom. The van der Waals surface area contributed by atoms with Crippen LogP contribution in [0, 0.1) is 0 Å². The van der Waals surface area contributed by atoms with Gasteiger partial charge in [0, 0.05) is 18.1 Å². The number of nitrogens with one attached hydrogen (secondary N) is 1. The third-order valence-electron chi connectivity index (χ3n) is 3.82. The first kappa shape index (κ1) is 20.8. The van der Waals surface area contributed by atoms with E-state index in [1.54, 1.807) is 18.9 Å². The maximum absolute atomic E-state index is 6.04. The zero-order valence-electron chi connectivity index (χ0n) is 14.4. The van der Waals surface area contributed by atoms with Gasteiger partial charge in [-0.25, -0.2) is 0 Å². The molecule has 1 fully saturated rings. The summed E-state index contributed by atoms with van der Waals surface area (Å²) >= 11 is 9.96. The van der Waals surface area contributed by atoms with E-state index in [4.69, 9.17) is 21.1 Å². The zero-order valence-corrected chi connectivity index (χ0v) is 18.1. The van der Waals surface area contributed by atoms with Gasteiger partial charge in [-0.15, -0.1) is 11.8 Å². The van der Waals surface area contributed by atoms with Gasteiger partial charge in [-0.2, -0.15) is 0 Å². The van der Waals surface area contributed by atoms with Crippen LogP contribution in [0.15, 0.2) is 53.4 Å². The van der Waals surface area contributed by atoms with Crippen LogP contribution < -0.4 is 10.1 Å². The third-order valence-corrected chi connectivity index (χ3v) is 5.49. The number of methoxy groups -OCH3 is 1. The number of morpholine rings is 1. The molecule has 25 heavy (non-hydrogen) atoms. The van der Waals surface area contributed by atoms with E-state index >= 15 is 0 Å². The molecule has 0 unspecified atom stereocenters. The first-order valence-corrected chi connectivity index (χ1v) is 11.4.